The molecule has 0 radical (unpaired) electrons. The minimum atomic E-state index is -0.111. The Morgan fingerprint density at radius 1 is 1.17 bits per heavy atom. The average molecular weight is 249 g/mol. The molecule has 0 spiro atoms. The van der Waals surface area contributed by atoms with Crippen molar-refractivity contribution in [3.05, 3.63) is 29.8 Å². The number of carbonyl (C=O) groups is 1. The fourth-order valence-corrected chi connectivity index (χ4v) is 1.82. The lowest BCUT2D eigenvalue weighted by atomic mass is 10.0. The van der Waals surface area contributed by atoms with Gasteiger partial charge in [0.25, 0.3) is 0 Å². The molecular formula is C14H23N3O. The van der Waals surface area contributed by atoms with E-state index in [2.05, 4.69) is 17.4 Å². The summed E-state index contributed by atoms with van der Waals surface area (Å²) in [7, 11) is 9.36. The topological polar surface area (TPSA) is 35.6 Å². The van der Waals surface area contributed by atoms with Crippen LogP contribution in [0, 0.1) is 0 Å². The summed E-state index contributed by atoms with van der Waals surface area (Å²) in [6.45, 7) is 0. The predicted octanol–water partition coefficient (Wildman–Crippen LogP) is 1.29. The molecule has 1 atom stereocenters. The first kappa shape index (κ1) is 14.5. The Morgan fingerprint density at radius 3 is 2.11 bits per heavy atom. The minimum Gasteiger partial charge on any atom is -0.388 e. The summed E-state index contributed by atoms with van der Waals surface area (Å²) in [5, 5.41) is 3.09. The third-order valence-corrected chi connectivity index (χ3v) is 3.02. The first-order chi connectivity index (χ1) is 8.45. The van der Waals surface area contributed by atoms with E-state index in [1.807, 2.05) is 38.2 Å². The molecule has 1 aromatic rings. The van der Waals surface area contributed by atoms with Gasteiger partial charge in [-0.3, -0.25) is 9.69 Å². The lowest BCUT2D eigenvalue weighted by Crippen LogP contribution is -2.44. The molecule has 0 bridgehead atoms. The normalized spacial score (nSPS) is 12.3. The lowest BCUT2D eigenvalue weighted by molar-refractivity contribution is -0.133. The molecular weight excluding hydrogens is 226 g/mol. The predicted molar refractivity (Wildman–Crippen MR) is 75.9 cm³/mol. The highest BCUT2D eigenvalue weighted by atomic mass is 16.2. The fraction of sp³-hybridized carbons (Fsp3) is 0.500. The van der Waals surface area contributed by atoms with Crippen LogP contribution in [0.1, 0.15) is 5.56 Å². The van der Waals surface area contributed by atoms with Gasteiger partial charge in [0.1, 0.15) is 0 Å². The highest BCUT2D eigenvalue weighted by molar-refractivity contribution is 5.81. The van der Waals surface area contributed by atoms with Crippen LogP contribution in [0.25, 0.3) is 0 Å². The van der Waals surface area contributed by atoms with Crippen molar-refractivity contribution in [1.82, 2.24) is 9.80 Å². The van der Waals surface area contributed by atoms with Crippen molar-refractivity contribution in [1.29, 1.82) is 0 Å². The first-order valence-electron chi connectivity index (χ1n) is 6.10. The second kappa shape index (κ2) is 6.40. The molecule has 0 aliphatic carbocycles. The number of carbonyl (C=O) groups excluding carboxylic acids is 1. The molecule has 0 saturated carbocycles. The zero-order valence-corrected chi connectivity index (χ0v) is 11.9. The van der Waals surface area contributed by atoms with Crippen LogP contribution in [0.3, 0.4) is 0 Å². The third kappa shape index (κ3) is 3.74. The molecule has 0 aliphatic rings. The molecule has 0 heterocycles. The van der Waals surface area contributed by atoms with Gasteiger partial charge in [0.15, 0.2) is 0 Å². The van der Waals surface area contributed by atoms with Gasteiger partial charge in [-0.25, -0.2) is 0 Å². The number of hydrogen-bond donors (Lipinski definition) is 1. The number of likely N-dealkylation sites (N-methyl/N-ethyl adjacent to an activating group) is 2. The molecule has 4 heteroatoms. The van der Waals surface area contributed by atoms with Gasteiger partial charge < -0.3 is 10.2 Å². The summed E-state index contributed by atoms with van der Waals surface area (Å²) in [4.78, 5) is 15.7. The zero-order valence-electron chi connectivity index (χ0n) is 11.9. The van der Waals surface area contributed by atoms with Crippen LogP contribution in [-0.4, -0.2) is 57.0 Å². The summed E-state index contributed by atoms with van der Waals surface area (Å²) >= 11 is 0. The Balaban J connectivity index is 2.80. The molecule has 100 valence electrons. The number of nitrogens with one attached hydrogen (secondary N) is 1. The van der Waals surface area contributed by atoms with Gasteiger partial charge in [0, 0.05) is 26.8 Å². The summed E-state index contributed by atoms with van der Waals surface area (Å²) in [6, 6.07) is 8.07. The molecule has 1 amide bonds. The highest BCUT2D eigenvalue weighted by Gasteiger charge is 2.22. The molecule has 0 saturated heterocycles. The lowest BCUT2D eigenvalue weighted by Gasteiger charge is -2.26. The van der Waals surface area contributed by atoms with Gasteiger partial charge in [-0.15, -0.1) is 0 Å². The zero-order chi connectivity index (χ0) is 13.7. The van der Waals surface area contributed by atoms with Crippen LogP contribution in [0.15, 0.2) is 24.3 Å². The Labute approximate surface area is 110 Å². The van der Waals surface area contributed by atoms with E-state index in [0.29, 0.717) is 0 Å². The van der Waals surface area contributed by atoms with Gasteiger partial charge >= 0.3 is 0 Å². The number of benzene rings is 1. The minimum absolute atomic E-state index is 0.111. The number of rotatable bonds is 5. The van der Waals surface area contributed by atoms with E-state index < -0.39 is 0 Å². The molecule has 18 heavy (non-hydrogen) atoms. The van der Waals surface area contributed by atoms with Crippen LogP contribution in [-0.2, 0) is 11.2 Å². The molecule has 1 unspecified atom stereocenters. The van der Waals surface area contributed by atoms with Gasteiger partial charge in [0.2, 0.25) is 5.91 Å². The second-order valence-electron chi connectivity index (χ2n) is 4.86. The van der Waals surface area contributed by atoms with E-state index in [0.717, 1.165) is 12.1 Å². The van der Waals surface area contributed by atoms with Crippen molar-refractivity contribution < 1.29 is 4.79 Å². The van der Waals surface area contributed by atoms with Crippen LogP contribution >= 0.6 is 0 Å². The SMILES string of the molecule is CNc1ccc(CC(C(=O)N(C)C)N(C)C)cc1. The smallest absolute Gasteiger partial charge is 0.239 e. The van der Waals surface area contributed by atoms with E-state index in [1.165, 1.54) is 5.56 Å². The van der Waals surface area contributed by atoms with E-state index in [9.17, 15) is 4.79 Å². The summed E-state index contributed by atoms with van der Waals surface area (Å²) in [6.07, 6.45) is 0.730. The van der Waals surface area contributed by atoms with Gasteiger partial charge in [-0.05, 0) is 38.2 Å². The number of hydrogen-bond acceptors (Lipinski definition) is 3. The van der Waals surface area contributed by atoms with Crippen LogP contribution in [0.2, 0.25) is 0 Å². The molecule has 1 aromatic carbocycles. The summed E-state index contributed by atoms with van der Waals surface area (Å²) in [5.41, 5.74) is 2.25. The van der Waals surface area contributed by atoms with Gasteiger partial charge in [0.05, 0.1) is 6.04 Å². The Morgan fingerprint density at radius 2 is 1.72 bits per heavy atom. The van der Waals surface area contributed by atoms with Crippen molar-refractivity contribution in [2.75, 3.05) is 40.6 Å². The Kier molecular flexibility index (Phi) is 5.16. The molecule has 4 nitrogen and oxygen atoms in total. The summed E-state index contributed by atoms with van der Waals surface area (Å²) < 4.78 is 0. The van der Waals surface area contributed by atoms with E-state index in [4.69, 9.17) is 0 Å². The fourth-order valence-electron chi connectivity index (χ4n) is 1.82. The van der Waals surface area contributed by atoms with Crippen molar-refractivity contribution in [2.24, 2.45) is 0 Å². The molecule has 0 fully saturated rings. The van der Waals surface area contributed by atoms with E-state index >= 15 is 0 Å². The summed E-state index contributed by atoms with van der Waals surface area (Å²) in [5.74, 6) is 0.137. The highest BCUT2D eigenvalue weighted by Crippen LogP contribution is 2.13. The maximum Gasteiger partial charge on any atom is 0.239 e. The average Bonchev–Trinajstić information content (AvgIpc) is 2.35. The maximum atomic E-state index is 12.1. The quantitative estimate of drug-likeness (QED) is 0.854. The molecule has 1 N–H and O–H groups in total. The van der Waals surface area contributed by atoms with Crippen molar-refractivity contribution in [3.8, 4) is 0 Å². The van der Waals surface area contributed by atoms with Crippen molar-refractivity contribution >= 4 is 11.6 Å². The largest absolute Gasteiger partial charge is 0.388 e. The Hall–Kier alpha value is -1.55. The van der Waals surface area contributed by atoms with Crippen LogP contribution in [0.4, 0.5) is 5.69 Å². The monoisotopic (exact) mass is 249 g/mol. The van der Waals surface area contributed by atoms with Crippen LogP contribution in [0.5, 0.6) is 0 Å². The van der Waals surface area contributed by atoms with Crippen LogP contribution < -0.4 is 5.32 Å². The van der Waals surface area contributed by atoms with Gasteiger partial charge in [-0.1, -0.05) is 12.1 Å². The third-order valence-electron chi connectivity index (χ3n) is 3.02. The first-order valence-corrected chi connectivity index (χ1v) is 6.10. The number of nitrogens with zero attached hydrogens (tertiary/aromatic N) is 2. The van der Waals surface area contributed by atoms with Gasteiger partial charge in [-0.2, -0.15) is 0 Å². The maximum absolute atomic E-state index is 12.1. The van der Waals surface area contributed by atoms with Crippen molar-refractivity contribution in [3.63, 3.8) is 0 Å². The van der Waals surface area contributed by atoms with E-state index in [1.54, 1.807) is 19.0 Å². The Bertz CT molecular complexity index is 385. The number of amides is 1. The second-order valence-corrected chi connectivity index (χ2v) is 4.86. The molecule has 1 rings (SSSR count). The number of anilines is 1. The standard InChI is InChI=1S/C14H23N3O/c1-15-12-8-6-11(7-9-12)10-13(16(2)3)14(18)17(4)5/h6-9,13,15H,10H2,1-5H3. The molecule has 0 aromatic heterocycles. The molecule has 0 aliphatic heterocycles. The van der Waals surface area contributed by atoms with Crippen molar-refractivity contribution in [2.45, 2.75) is 12.5 Å². The van der Waals surface area contributed by atoms with E-state index in [-0.39, 0.29) is 11.9 Å².